The van der Waals surface area contributed by atoms with E-state index in [1.807, 2.05) is 18.0 Å². The van der Waals surface area contributed by atoms with Crippen LogP contribution in [0.25, 0.3) is 0 Å². The summed E-state index contributed by atoms with van der Waals surface area (Å²) >= 11 is 0. The molecule has 21 heavy (non-hydrogen) atoms. The van der Waals surface area contributed by atoms with Gasteiger partial charge in [0.1, 0.15) is 6.07 Å². The summed E-state index contributed by atoms with van der Waals surface area (Å²) in [5, 5.41) is 9.15. The molecule has 0 bridgehead atoms. The molecule has 1 saturated heterocycles. The van der Waals surface area contributed by atoms with Crippen LogP contribution in [0.4, 0.5) is 18.9 Å². The molecule has 0 saturated carbocycles. The summed E-state index contributed by atoms with van der Waals surface area (Å²) in [5.41, 5.74) is -0.133. The summed E-state index contributed by atoms with van der Waals surface area (Å²) in [4.78, 5) is 4.16. The third kappa shape index (κ3) is 3.48. The van der Waals surface area contributed by atoms with Crippen LogP contribution < -0.4 is 4.90 Å². The minimum Gasteiger partial charge on any atom is -0.370 e. The summed E-state index contributed by atoms with van der Waals surface area (Å²) in [5.74, 6) is 0. The zero-order valence-corrected chi connectivity index (χ0v) is 12.1. The van der Waals surface area contributed by atoms with Gasteiger partial charge in [-0.25, -0.2) is 0 Å². The van der Waals surface area contributed by atoms with E-state index in [0.29, 0.717) is 5.69 Å². The van der Waals surface area contributed by atoms with Gasteiger partial charge >= 0.3 is 6.18 Å². The highest BCUT2D eigenvalue weighted by atomic mass is 19.4. The first kappa shape index (κ1) is 15.6. The number of benzene rings is 1. The average Bonchev–Trinajstić information content (AvgIpc) is 2.45. The van der Waals surface area contributed by atoms with E-state index in [4.69, 9.17) is 5.26 Å². The number of nitrogens with zero attached hydrogens (tertiary/aromatic N) is 3. The molecule has 0 unspecified atom stereocenters. The van der Waals surface area contributed by atoms with Crippen molar-refractivity contribution in [2.45, 2.75) is 25.1 Å². The third-order valence-corrected chi connectivity index (χ3v) is 4.06. The number of piperidine rings is 1. The Morgan fingerprint density at radius 2 is 1.90 bits per heavy atom. The van der Waals surface area contributed by atoms with Crippen molar-refractivity contribution >= 4 is 5.69 Å². The van der Waals surface area contributed by atoms with E-state index >= 15 is 0 Å². The lowest BCUT2D eigenvalue weighted by Gasteiger charge is -2.36. The quantitative estimate of drug-likeness (QED) is 0.840. The maximum Gasteiger partial charge on any atom is 0.416 e. The fourth-order valence-corrected chi connectivity index (χ4v) is 2.69. The van der Waals surface area contributed by atoms with Gasteiger partial charge in [0.2, 0.25) is 0 Å². The van der Waals surface area contributed by atoms with Gasteiger partial charge < -0.3 is 9.80 Å². The van der Waals surface area contributed by atoms with E-state index in [0.717, 1.165) is 38.1 Å². The van der Waals surface area contributed by atoms with Crippen molar-refractivity contribution in [2.24, 2.45) is 0 Å². The van der Waals surface area contributed by atoms with Gasteiger partial charge in [0, 0.05) is 13.1 Å². The van der Waals surface area contributed by atoms with E-state index < -0.39 is 11.7 Å². The third-order valence-electron chi connectivity index (χ3n) is 4.06. The fourth-order valence-electron chi connectivity index (χ4n) is 2.69. The summed E-state index contributed by atoms with van der Waals surface area (Å²) in [6.07, 6.45) is -2.53. The molecule has 0 aliphatic carbocycles. The van der Waals surface area contributed by atoms with Crippen molar-refractivity contribution < 1.29 is 13.2 Å². The Bertz CT molecular complexity index is 540. The lowest BCUT2D eigenvalue weighted by atomic mass is 10.0. The van der Waals surface area contributed by atoms with E-state index in [-0.39, 0.29) is 11.6 Å². The predicted octanol–water partition coefficient (Wildman–Crippen LogP) is 3.11. The maximum absolute atomic E-state index is 12.7. The number of hydrogen-bond acceptors (Lipinski definition) is 3. The van der Waals surface area contributed by atoms with Gasteiger partial charge in [-0.1, -0.05) is 0 Å². The Balaban J connectivity index is 2.25. The van der Waals surface area contributed by atoms with Crippen LogP contribution in [0.2, 0.25) is 0 Å². The zero-order chi connectivity index (χ0) is 15.6. The molecule has 0 aromatic heterocycles. The second-order valence-corrected chi connectivity index (χ2v) is 5.49. The Morgan fingerprint density at radius 3 is 2.43 bits per heavy atom. The molecule has 1 aliphatic rings. The van der Waals surface area contributed by atoms with E-state index in [1.54, 1.807) is 0 Å². The van der Waals surface area contributed by atoms with Crippen molar-refractivity contribution in [1.82, 2.24) is 4.90 Å². The zero-order valence-electron chi connectivity index (χ0n) is 12.1. The van der Waals surface area contributed by atoms with Crippen LogP contribution in [0.3, 0.4) is 0 Å². The Kier molecular flexibility index (Phi) is 4.43. The molecule has 0 atom stereocenters. The van der Waals surface area contributed by atoms with Gasteiger partial charge in [-0.05, 0) is 51.2 Å². The maximum atomic E-state index is 12.7. The number of alkyl halides is 3. The standard InChI is InChI=1S/C15H18F3N3/c1-20-7-5-13(6-8-20)21(2)14-4-3-12(15(16,17)18)9-11(14)10-19/h3-4,9,13H,5-8H2,1-2H3. The molecule has 3 nitrogen and oxygen atoms in total. The lowest BCUT2D eigenvalue weighted by molar-refractivity contribution is -0.137. The highest BCUT2D eigenvalue weighted by molar-refractivity contribution is 5.61. The van der Waals surface area contributed by atoms with Crippen molar-refractivity contribution in [1.29, 1.82) is 5.26 Å². The topological polar surface area (TPSA) is 30.3 Å². The first-order valence-corrected chi connectivity index (χ1v) is 6.85. The molecule has 0 radical (unpaired) electrons. The van der Waals surface area contributed by atoms with Gasteiger partial charge in [0.15, 0.2) is 0 Å². The van der Waals surface area contributed by atoms with Crippen molar-refractivity contribution in [3.63, 3.8) is 0 Å². The van der Waals surface area contributed by atoms with E-state index in [9.17, 15) is 13.2 Å². The second kappa shape index (κ2) is 5.94. The lowest BCUT2D eigenvalue weighted by Crippen LogP contribution is -2.42. The summed E-state index contributed by atoms with van der Waals surface area (Å²) in [7, 11) is 3.90. The molecular formula is C15H18F3N3. The number of rotatable bonds is 2. The van der Waals surface area contributed by atoms with Crippen molar-refractivity contribution in [2.75, 3.05) is 32.1 Å². The molecular weight excluding hydrogens is 279 g/mol. The monoisotopic (exact) mass is 297 g/mol. The first-order chi connectivity index (χ1) is 9.82. The van der Waals surface area contributed by atoms with Crippen LogP contribution in [0.15, 0.2) is 18.2 Å². The summed E-state index contributed by atoms with van der Waals surface area (Å²) in [6.45, 7) is 1.91. The van der Waals surface area contributed by atoms with Crippen molar-refractivity contribution in [3.05, 3.63) is 29.3 Å². The predicted molar refractivity (Wildman–Crippen MR) is 75.1 cm³/mol. The van der Waals surface area contributed by atoms with Gasteiger partial charge in [-0.2, -0.15) is 18.4 Å². The highest BCUT2D eigenvalue weighted by Gasteiger charge is 2.32. The molecule has 1 fully saturated rings. The van der Waals surface area contributed by atoms with Crippen LogP contribution >= 0.6 is 0 Å². The highest BCUT2D eigenvalue weighted by Crippen LogP contribution is 2.33. The summed E-state index contributed by atoms with van der Waals surface area (Å²) < 4.78 is 38.1. The normalized spacial score (nSPS) is 17.5. The first-order valence-electron chi connectivity index (χ1n) is 6.85. The summed E-state index contributed by atoms with van der Waals surface area (Å²) in [6, 6.07) is 5.52. The van der Waals surface area contributed by atoms with Crippen LogP contribution in [0, 0.1) is 11.3 Å². The molecule has 6 heteroatoms. The molecule has 1 heterocycles. The van der Waals surface area contributed by atoms with Gasteiger partial charge in [0.25, 0.3) is 0 Å². The molecule has 1 aromatic carbocycles. The molecule has 1 aliphatic heterocycles. The Labute approximate surface area is 122 Å². The number of halogens is 3. The smallest absolute Gasteiger partial charge is 0.370 e. The second-order valence-electron chi connectivity index (χ2n) is 5.49. The van der Waals surface area contributed by atoms with E-state index in [2.05, 4.69) is 11.9 Å². The van der Waals surface area contributed by atoms with Gasteiger partial charge in [0.05, 0.1) is 16.8 Å². The average molecular weight is 297 g/mol. The molecule has 0 amide bonds. The SMILES string of the molecule is CN1CCC(N(C)c2ccc(C(F)(F)F)cc2C#N)CC1. The Morgan fingerprint density at radius 1 is 1.29 bits per heavy atom. The number of nitriles is 1. The molecule has 1 aromatic rings. The molecule has 0 N–H and O–H groups in total. The van der Waals surface area contributed by atoms with Crippen LogP contribution in [0.1, 0.15) is 24.0 Å². The van der Waals surface area contributed by atoms with E-state index in [1.165, 1.54) is 6.07 Å². The minimum atomic E-state index is -4.42. The number of anilines is 1. The number of likely N-dealkylation sites (tertiary alicyclic amines) is 1. The largest absolute Gasteiger partial charge is 0.416 e. The number of hydrogen-bond donors (Lipinski definition) is 0. The fraction of sp³-hybridized carbons (Fsp3) is 0.533. The van der Waals surface area contributed by atoms with Gasteiger partial charge in [-0.15, -0.1) is 0 Å². The van der Waals surface area contributed by atoms with Gasteiger partial charge in [-0.3, -0.25) is 0 Å². The van der Waals surface area contributed by atoms with Crippen LogP contribution in [0.5, 0.6) is 0 Å². The van der Waals surface area contributed by atoms with Crippen LogP contribution in [-0.2, 0) is 6.18 Å². The molecule has 2 rings (SSSR count). The van der Waals surface area contributed by atoms with Crippen LogP contribution in [-0.4, -0.2) is 38.1 Å². The minimum absolute atomic E-state index is 0.0752. The Hall–Kier alpha value is -1.74. The molecule has 0 spiro atoms. The molecule has 114 valence electrons. The van der Waals surface area contributed by atoms with Crippen molar-refractivity contribution in [3.8, 4) is 6.07 Å².